The minimum absolute atomic E-state index is 0.242. The van der Waals surface area contributed by atoms with Crippen LogP contribution in [0.1, 0.15) is 49.4 Å². The summed E-state index contributed by atoms with van der Waals surface area (Å²) in [6.45, 7) is 7.85. The maximum absolute atomic E-state index is 12.4. The molecule has 2 aromatic carbocycles. The molecule has 0 spiro atoms. The van der Waals surface area contributed by atoms with E-state index in [0.717, 1.165) is 22.4 Å². The van der Waals surface area contributed by atoms with Crippen LogP contribution in [0.5, 0.6) is 5.75 Å². The molecule has 138 valence electrons. The summed E-state index contributed by atoms with van der Waals surface area (Å²) < 4.78 is 5.12. The Morgan fingerprint density at radius 2 is 1.62 bits per heavy atom. The summed E-state index contributed by atoms with van der Waals surface area (Å²) in [5.74, 6) is -0.342. The van der Waals surface area contributed by atoms with Gasteiger partial charge >= 0.3 is 11.8 Å². The fourth-order valence-corrected chi connectivity index (χ4v) is 2.75. The Bertz CT molecular complexity index is 782. The molecule has 0 aliphatic carbocycles. The molecule has 2 amide bonds. The lowest BCUT2D eigenvalue weighted by atomic mass is 9.98. The monoisotopic (exact) mass is 354 g/mol. The lowest BCUT2D eigenvalue weighted by molar-refractivity contribution is -0.136. The van der Waals surface area contributed by atoms with Gasteiger partial charge in [0.2, 0.25) is 0 Å². The van der Waals surface area contributed by atoms with Gasteiger partial charge in [0, 0.05) is 5.69 Å². The maximum atomic E-state index is 12.4. The molecule has 0 aliphatic heterocycles. The van der Waals surface area contributed by atoms with E-state index in [-0.39, 0.29) is 12.0 Å². The van der Waals surface area contributed by atoms with Crippen LogP contribution in [0, 0.1) is 6.92 Å². The Morgan fingerprint density at radius 3 is 2.19 bits per heavy atom. The van der Waals surface area contributed by atoms with Crippen LogP contribution in [0.2, 0.25) is 0 Å². The topological polar surface area (TPSA) is 67.4 Å². The Morgan fingerprint density at radius 1 is 0.962 bits per heavy atom. The molecule has 2 rings (SSSR count). The molecule has 5 nitrogen and oxygen atoms in total. The second kappa shape index (κ2) is 8.52. The van der Waals surface area contributed by atoms with Gasteiger partial charge in [-0.1, -0.05) is 44.2 Å². The van der Waals surface area contributed by atoms with Gasteiger partial charge in [0.15, 0.2) is 0 Å². The average Bonchev–Trinajstić information content (AvgIpc) is 2.62. The highest BCUT2D eigenvalue weighted by Crippen LogP contribution is 2.27. The molecule has 0 fully saturated rings. The zero-order valence-corrected chi connectivity index (χ0v) is 15.9. The third-order valence-corrected chi connectivity index (χ3v) is 4.34. The van der Waals surface area contributed by atoms with E-state index in [1.165, 1.54) is 0 Å². The summed E-state index contributed by atoms with van der Waals surface area (Å²) in [7, 11) is 1.60. The van der Waals surface area contributed by atoms with E-state index in [1.807, 2.05) is 56.3 Å². The number of carbonyl (C=O) groups is 2. The van der Waals surface area contributed by atoms with Crippen molar-refractivity contribution < 1.29 is 14.3 Å². The van der Waals surface area contributed by atoms with Crippen molar-refractivity contribution in [3.63, 3.8) is 0 Å². The van der Waals surface area contributed by atoms with Crippen LogP contribution < -0.4 is 15.4 Å². The number of amides is 2. The molecule has 26 heavy (non-hydrogen) atoms. The van der Waals surface area contributed by atoms with E-state index in [9.17, 15) is 9.59 Å². The number of anilines is 1. The van der Waals surface area contributed by atoms with Crippen LogP contribution in [0.15, 0.2) is 42.5 Å². The number of nitrogens with one attached hydrogen (secondary N) is 2. The largest absolute Gasteiger partial charge is 0.497 e. The Hall–Kier alpha value is -2.82. The zero-order chi connectivity index (χ0) is 19.3. The van der Waals surface area contributed by atoms with Crippen molar-refractivity contribution in [2.75, 3.05) is 12.4 Å². The number of benzene rings is 2. The van der Waals surface area contributed by atoms with Gasteiger partial charge in [0.1, 0.15) is 5.75 Å². The van der Waals surface area contributed by atoms with Crippen molar-refractivity contribution >= 4 is 17.5 Å². The molecule has 5 heteroatoms. The highest BCUT2D eigenvalue weighted by molar-refractivity contribution is 6.39. The Kier molecular flexibility index (Phi) is 6.39. The van der Waals surface area contributed by atoms with Crippen LogP contribution in [0.4, 0.5) is 5.69 Å². The third kappa shape index (κ3) is 4.63. The highest BCUT2D eigenvalue weighted by atomic mass is 16.5. The van der Waals surface area contributed by atoms with E-state index in [1.54, 1.807) is 7.11 Å². The van der Waals surface area contributed by atoms with Crippen LogP contribution in [-0.4, -0.2) is 18.9 Å². The lowest BCUT2D eigenvalue weighted by Crippen LogP contribution is -2.37. The molecule has 0 radical (unpaired) electrons. The number of para-hydroxylation sites is 1. The van der Waals surface area contributed by atoms with Crippen molar-refractivity contribution in [2.24, 2.45) is 0 Å². The second-order valence-electron chi connectivity index (χ2n) is 6.62. The van der Waals surface area contributed by atoms with Gasteiger partial charge in [-0.25, -0.2) is 0 Å². The van der Waals surface area contributed by atoms with Crippen molar-refractivity contribution in [3.05, 3.63) is 59.2 Å². The van der Waals surface area contributed by atoms with Crippen molar-refractivity contribution in [2.45, 2.75) is 39.7 Å². The first kappa shape index (κ1) is 19.5. The Balaban J connectivity index is 2.07. The lowest BCUT2D eigenvalue weighted by Gasteiger charge is -2.18. The SMILES string of the molecule is COc1ccc(C(C)NC(=O)C(=O)Nc2c(C)cccc2C(C)C)cc1. The van der Waals surface area contributed by atoms with Crippen molar-refractivity contribution in [1.82, 2.24) is 5.32 Å². The fourth-order valence-electron chi connectivity index (χ4n) is 2.75. The van der Waals surface area contributed by atoms with E-state index >= 15 is 0 Å². The average molecular weight is 354 g/mol. The molecule has 0 aliphatic rings. The molecular weight excluding hydrogens is 328 g/mol. The fraction of sp³-hybridized carbons (Fsp3) is 0.333. The van der Waals surface area contributed by atoms with E-state index in [2.05, 4.69) is 24.5 Å². The predicted molar refractivity (Wildman–Crippen MR) is 103 cm³/mol. The number of ether oxygens (including phenoxy) is 1. The predicted octanol–water partition coefficient (Wildman–Crippen LogP) is 3.94. The summed E-state index contributed by atoms with van der Waals surface area (Å²) in [6.07, 6.45) is 0. The number of hydrogen-bond acceptors (Lipinski definition) is 3. The quantitative estimate of drug-likeness (QED) is 0.799. The maximum Gasteiger partial charge on any atom is 0.313 e. The first-order chi connectivity index (χ1) is 12.3. The highest BCUT2D eigenvalue weighted by Gasteiger charge is 2.20. The minimum atomic E-state index is -0.665. The number of rotatable bonds is 5. The van der Waals surface area contributed by atoms with Crippen LogP contribution in [0.3, 0.4) is 0 Å². The van der Waals surface area contributed by atoms with Crippen LogP contribution >= 0.6 is 0 Å². The first-order valence-corrected chi connectivity index (χ1v) is 8.68. The summed E-state index contributed by atoms with van der Waals surface area (Å²) in [5.41, 5.74) is 3.54. The minimum Gasteiger partial charge on any atom is -0.497 e. The van der Waals surface area contributed by atoms with Crippen LogP contribution in [-0.2, 0) is 9.59 Å². The summed E-state index contributed by atoms with van der Waals surface area (Å²) in [5, 5.41) is 5.49. The molecule has 0 aromatic heterocycles. The normalized spacial score (nSPS) is 11.8. The van der Waals surface area contributed by atoms with E-state index in [4.69, 9.17) is 4.74 Å². The second-order valence-corrected chi connectivity index (χ2v) is 6.62. The molecule has 0 saturated carbocycles. The van der Waals surface area contributed by atoms with Gasteiger partial charge in [0.25, 0.3) is 0 Å². The molecule has 2 N–H and O–H groups in total. The molecule has 0 bridgehead atoms. The van der Waals surface area contributed by atoms with Crippen molar-refractivity contribution in [3.8, 4) is 5.75 Å². The molecule has 1 atom stereocenters. The van der Waals surface area contributed by atoms with Gasteiger partial charge in [-0.05, 0) is 48.6 Å². The van der Waals surface area contributed by atoms with Crippen molar-refractivity contribution in [1.29, 1.82) is 0 Å². The third-order valence-electron chi connectivity index (χ3n) is 4.34. The van der Waals surface area contributed by atoms with E-state index < -0.39 is 11.8 Å². The standard InChI is InChI=1S/C21H26N2O3/c1-13(2)18-8-6-7-14(3)19(18)23-21(25)20(24)22-15(4)16-9-11-17(26-5)12-10-16/h6-13,15H,1-5H3,(H,22,24)(H,23,25). The Labute approximate surface area is 154 Å². The van der Waals surface area contributed by atoms with E-state index in [0.29, 0.717) is 5.69 Å². The number of carbonyl (C=O) groups excluding carboxylic acids is 2. The van der Waals surface area contributed by atoms with Gasteiger partial charge in [-0.15, -0.1) is 0 Å². The van der Waals surface area contributed by atoms with Gasteiger partial charge in [-0.3, -0.25) is 9.59 Å². The summed E-state index contributed by atoms with van der Waals surface area (Å²) in [6, 6.07) is 12.9. The molecular formula is C21H26N2O3. The molecule has 2 aromatic rings. The van der Waals surface area contributed by atoms with Gasteiger partial charge < -0.3 is 15.4 Å². The summed E-state index contributed by atoms with van der Waals surface area (Å²) >= 11 is 0. The van der Waals surface area contributed by atoms with Gasteiger partial charge in [-0.2, -0.15) is 0 Å². The molecule has 0 heterocycles. The number of aryl methyl sites for hydroxylation is 1. The van der Waals surface area contributed by atoms with Crippen LogP contribution in [0.25, 0.3) is 0 Å². The number of hydrogen-bond donors (Lipinski definition) is 2. The summed E-state index contributed by atoms with van der Waals surface area (Å²) in [4.78, 5) is 24.7. The zero-order valence-electron chi connectivity index (χ0n) is 15.9. The van der Waals surface area contributed by atoms with Gasteiger partial charge in [0.05, 0.1) is 13.2 Å². The molecule has 0 saturated heterocycles. The first-order valence-electron chi connectivity index (χ1n) is 8.68. The number of methoxy groups -OCH3 is 1. The smallest absolute Gasteiger partial charge is 0.313 e. The molecule has 1 unspecified atom stereocenters.